The molecule has 0 saturated carbocycles. The molecule has 0 aliphatic carbocycles. The first-order valence-electron chi connectivity index (χ1n) is 8.68. The van der Waals surface area contributed by atoms with Gasteiger partial charge < -0.3 is 9.88 Å². The molecule has 1 aromatic heterocycles. The van der Waals surface area contributed by atoms with Crippen molar-refractivity contribution in [2.75, 3.05) is 26.7 Å². The maximum absolute atomic E-state index is 12.8. The Balaban J connectivity index is 2.68. The second-order valence-electron chi connectivity index (χ2n) is 6.07. The summed E-state index contributed by atoms with van der Waals surface area (Å²) in [6.07, 6.45) is 0.783. The fraction of sp³-hybridized carbons (Fsp3) is 0.444. The maximum Gasteiger partial charge on any atom is 0.254 e. The Bertz CT molecular complexity index is 962. The second kappa shape index (κ2) is 8.01. The number of sulfonamides is 1. The second-order valence-corrected chi connectivity index (χ2v) is 8.01. The number of nitrogens with one attached hydrogen (secondary N) is 1. The summed E-state index contributed by atoms with van der Waals surface area (Å²) < 4.78 is 26.9. The van der Waals surface area contributed by atoms with Crippen LogP contribution in [-0.4, -0.2) is 55.2 Å². The van der Waals surface area contributed by atoms with Gasteiger partial charge in [0.1, 0.15) is 0 Å². The molecular formula is C18H25N3O4S. The van der Waals surface area contributed by atoms with Gasteiger partial charge in [-0.25, -0.2) is 8.42 Å². The Kier molecular flexibility index (Phi) is 6.20. The van der Waals surface area contributed by atoms with Gasteiger partial charge in [0, 0.05) is 43.7 Å². The fourth-order valence-electron chi connectivity index (χ4n) is 2.93. The zero-order chi connectivity index (χ0) is 19.5. The summed E-state index contributed by atoms with van der Waals surface area (Å²) in [4.78, 5) is 28.9. The molecule has 0 bridgehead atoms. The summed E-state index contributed by atoms with van der Waals surface area (Å²) >= 11 is 0. The third-order valence-corrected chi connectivity index (χ3v) is 6.34. The van der Waals surface area contributed by atoms with Gasteiger partial charge in [0.15, 0.2) is 0 Å². The number of H-pyrrole nitrogens is 1. The van der Waals surface area contributed by atoms with Crippen LogP contribution >= 0.6 is 0 Å². The number of carbonyl (C=O) groups excluding carboxylic acids is 1. The Morgan fingerprint density at radius 2 is 1.77 bits per heavy atom. The minimum atomic E-state index is -3.66. The van der Waals surface area contributed by atoms with Crippen LogP contribution < -0.4 is 5.56 Å². The van der Waals surface area contributed by atoms with E-state index in [9.17, 15) is 18.0 Å². The molecule has 142 valence electrons. The van der Waals surface area contributed by atoms with Crippen LogP contribution in [0.15, 0.2) is 34.0 Å². The lowest BCUT2D eigenvalue weighted by Gasteiger charge is -2.20. The number of aromatic nitrogens is 1. The largest absolute Gasteiger partial charge is 0.342 e. The Labute approximate surface area is 153 Å². The van der Waals surface area contributed by atoms with E-state index in [4.69, 9.17) is 0 Å². The molecule has 0 fully saturated rings. The van der Waals surface area contributed by atoms with Gasteiger partial charge in [-0.1, -0.05) is 20.8 Å². The summed E-state index contributed by atoms with van der Waals surface area (Å²) in [6, 6.07) is 5.68. The number of benzene rings is 1. The zero-order valence-corrected chi connectivity index (χ0v) is 16.4. The minimum absolute atomic E-state index is 0.105. The molecule has 1 heterocycles. The quantitative estimate of drug-likeness (QED) is 0.797. The van der Waals surface area contributed by atoms with E-state index in [2.05, 4.69) is 4.98 Å². The minimum Gasteiger partial charge on any atom is -0.342 e. The molecule has 0 aliphatic rings. The van der Waals surface area contributed by atoms with Gasteiger partial charge >= 0.3 is 0 Å². The molecule has 2 rings (SSSR count). The highest BCUT2D eigenvalue weighted by Gasteiger charge is 2.23. The van der Waals surface area contributed by atoms with Crippen LogP contribution in [0.5, 0.6) is 0 Å². The van der Waals surface area contributed by atoms with Crippen molar-refractivity contribution < 1.29 is 13.2 Å². The van der Waals surface area contributed by atoms with Crippen LogP contribution in [0.1, 0.15) is 37.6 Å². The standard InChI is InChI=1S/C18H25N3O4S/c1-5-10-20(4)18(23)15-12-17(22)19-16-9-8-13(11-14(15)16)26(24,25)21(6-2)7-3/h8-9,11-12H,5-7,10H2,1-4H3,(H,19,22). The van der Waals surface area contributed by atoms with E-state index in [1.807, 2.05) is 6.92 Å². The highest BCUT2D eigenvalue weighted by Crippen LogP contribution is 2.23. The van der Waals surface area contributed by atoms with E-state index >= 15 is 0 Å². The SMILES string of the molecule is CCCN(C)C(=O)c1cc(=O)[nH]c2ccc(S(=O)(=O)N(CC)CC)cc12. The van der Waals surface area contributed by atoms with Crippen molar-refractivity contribution in [1.82, 2.24) is 14.2 Å². The summed E-state index contributed by atoms with van der Waals surface area (Å²) in [5.41, 5.74) is 0.241. The van der Waals surface area contributed by atoms with Gasteiger partial charge in [-0.15, -0.1) is 0 Å². The van der Waals surface area contributed by atoms with Crippen molar-refractivity contribution in [1.29, 1.82) is 0 Å². The molecule has 0 spiro atoms. The van der Waals surface area contributed by atoms with Crippen molar-refractivity contribution in [3.05, 3.63) is 40.2 Å². The number of amides is 1. The fourth-order valence-corrected chi connectivity index (χ4v) is 4.41. The highest BCUT2D eigenvalue weighted by atomic mass is 32.2. The zero-order valence-electron chi connectivity index (χ0n) is 15.6. The average Bonchev–Trinajstić information content (AvgIpc) is 2.60. The predicted octanol–water partition coefficient (Wildman–Crippen LogP) is 2.04. The summed E-state index contributed by atoms with van der Waals surface area (Å²) in [6.45, 7) is 6.75. The predicted molar refractivity (Wildman–Crippen MR) is 102 cm³/mol. The molecule has 0 radical (unpaired) electrons. The number of pyridine rings is 1. The van der Waals surface area contributed by atoms with Crippen molar-refractivity contribution in [3.63, 3.8) is 0 Å². The molecule has 2 aromatic rings. The Hall–Kier alpha value is -2.19. The summed E-state index contributed by atoms with van der Waals surface area (Å²) in [7, 11) is -2.00. The number of hydrogen-bond acceptors (Lipinski definition) is 4. The van der Waals surface area contributed by atoms with E-state index in [-0.39, 0.29) is 16.4 Å². The monoisotopic (exact) mass is 379 g/mol. The molecule has 1 N–H and O–H groups in total. The number of nitrogens with zero attached hydrogens (tertiary/aromatic N) is 2. The lowest BCUT2D eigenvalue weighted by atomic mass is 10.1. The van der Waals surface area contributed by atoms with Gasteiger partial charge in [-0.05, 0) is 24.6 Å². The number of aromatic amines is 1. The Morgan fingerprint density at radius 1 is 1.12 bits per heavy atom. The van der Waals surface area contributed by atoms with Gasteiger partial charge in [0.05, 0.1) is 10.5 Å². The topological polar surface area (TPSA) is 90.5 Å². The van der Waals surface area contributed by atoms with Crippen LogP contribution in [0.3, 0.4) is 0 Å². The molecule has 26 heavy (non-hydrogen) atoms. The van der Waals surface area contributed by atoms with E-state index in [0.29, 0.717) is 30.5 Å². The van der Waals surface area contributed by atoms with E-state index in [0.717, 1.165) is 6.42 Å². The van der Waals surface area contributed by atoms with Crippen molar-refractivity contribution in [2.45, 2.75) is 32.1 Å². The molecule has 8 heteroatoms. The van der Waals surface area contributed by atoms with Gasteiger partial charge in [-0.2, -0.15) is 4.31 Å². The van der Waals surface area contributed by atoms with E-state index in [1.54, 1.807) is 20.9 Å². The van der Waals surface area contributed by atoms with Crippen LogP contribution in [0.25, 0.3) is 10.9 Å². The maximum atomic E-state index is 12.8. The van der Waals surface area contributed by atoms with Crippen molar-refractivity contribution in [3.8, 4) is 0 Å². The third kappa shape index (κ3) is 3.81. The van der Waals surface area contributed by atoms with Crippen LogP contribution in [0.4, 0.5) is 0 Å². The first kappa shape index (κ1) is 20.1. The first-order valence-corrected chi connectivity index (χ1v) is 10.1. The van der Waals surface area contributed by atoms with Crippen molar-refractivity contribution in [2.24, 2.45) is 0 Å². The lowest BCUT2D eigenvalue weighted by molar-refractivity contribution is 0.0797. The van der Waals surface area contributed by atoms with E-state index in [1.165, 1.54) is 33.5 Å². The molecule has 0 atom stereocenters. The van der Waals surface area contributed by atoms with Gasteiger partial charge in [0.25, 0.3) is 5.91 Å². The first-order chi connectivity index (χ1) is 12.3. The molecular weight excluding hydrogens is 354 g/mol. The third-order valence-electron chi connectivity index (χ3n) is 4.29. The molecule has 1 amide bonds. The summed E-state index contributed by atoms with van der Waals surface area (Å²) in [5, 5.41) is 0.422. The smallest absolute Gasteiger partial charge is 0.254 e. The molecule has 7 nitrogen and oxygen atoms in total. The van der Waals surface area contributed by atoms with Gasteiger partial charge in [-0.3, -0.25) is 9.59 Å². The van der Waals surface area contributed by atoms with Crippen LogP contribution in [-0.2, 0) is 10.0 Å². The van der Waals surface area contributed by atoms with Crippen molar-refractivity contribution >= 4 is 26.8 Å². The normalized spacial score (nSPS) is 11.9. The molecule has 1 aromatic carbocycles. The Morgan fingerprint density at radius 3 is 2.35 bits per heavy atom. The summed E-state index contributed by atoms with van der Waals surface area (Å²) in [5.74, 6) is -0.305. The number of rotatable bonds is 7. The van der Waals surface area contributed by atoms with Crippen LogP contribution in [0.2, 0.25) is 0 Å². The lowest BCUT2D eigenvalue weighted by Crippen LogP contribution is -2.31. The number of carbonyl (C=O) groups is 1. The van der Waals surface area contributed by atoms with Crippen LogP contribution in [0, 0.1) is 0 Å². The average molecular weight is 379 g/mol. The number of fused-ring (bicyclic) bond motifs is 1. The van der Waals surface area contributed by atoms with E-state index < -0.39 is 15.6 Å². The molecule has 0 aliphatic heterocycles. The highest BCUT2D eigenvalue weighted by molar-refractivity contribution is 7.89. The number of hydrogen-bond donors (Lipinski definition) is 1. The molecule has 0 unspecified atom stereocenters. The van der Waals surface area contributed by atoms with Gasteiger partial charge in [0.2, 0.25) is 15.6 Å². The molecule has 0 saturated heterocycles.